The number of hydrogen-bond donors (Lipinski definition) is 0. The molecule has 0 fully saturated rings. The van der Waals surface area contributed by atoms with Gasteiger partial charge in [0.2, 0.25) is 4.90 Å². The average molecular weight is 399 g/mol. The molecule has 0 aliphatic heterocycles. The maximum Gasteiger partial charge on any atom is 0.410 e. The van der Waals surface area contributed by atoms with E-state index < -0.39 is 30.5 Å². The predicted molar refractivity (Wildman–Crippen MR) is 75.1 cm³/mol. The van der Waals surface area contributed by atoms with E-state index in [4.69, 9.17) is 10.7 Å². The highest BCUT2D eigenvalue weighted by Gasteiger charge is 2.29. The molecular weight excluding hydrogens is 393 g/mol. The molecule has 21 heavy (non-hydrogen) atoms. The molecule has 2 aromatic rings. The van der Waals surface area contributed by atoms with Crippen molar-refractivity contribution in [2.45, 2.75) is 11.4 Å². The number of nitrogens with zero attached hydrogens (tertiary/aromatic N) is 3. The van der Waals surface area contributed by atoms with Crippen molar-refractivity contribution in [1.82, 2.24) is 9.78 Å². The van der Waals surface area contributed by atoms with E-state index in [0.29, 0.717) is 10.0 Å². The molecule has 0 aliphatic carbocycles. The molecule has 0 amide bonds. The second-order valence-electron chi connectivity index (χ2n) is 3.99. The van der Waals surface area contributed by atoms with Crippen molar-refractivity contribution in [3.63, 3.8) is 0 Å². The topological polar surface area (TPSA) is 95.1 Å². The van der Waals surface area contributed by atoms with Gasteiger partial charge in [0.1, 0.15) is 5.82 Å². The van der Waals surface area contributed by atoms with Crippen LogP contribution in [0.15, 0.2) is 33.8 Å². The fourth-order valence-corrected chi connectivity index (χ4v) is 3.08. The van der Waals surface area contributed by atoms with E-state index >= 15 is 0 Å². The van der Waals surface area contributed by atoms with E-state index in [-0.39, 0.29) is 6.54 Å². The smallest absolute Gasteiger partial charge is 0.358 e. The van der Waals surface area contributed by atoms with Crippen molar-refractivity contribution < 1.29 is 17.7 Å². The van der Waals surface area contributed by atoms with Crippen molar-refractivity contribution in [3.8, 4) is 0 Å². The summed E-state index contributed by atoms with van der Waals surface area (Å²) in [5, 5.41) is 14.3. The highest BCUT2D eigenvalue weighted by atomic mass is 79.9. The van der Waals surface area contributed by atoms with E-state index in [0.717, 1.165) is 10.9 Å². The number of benzene rings is 1. The van der Waals surface area contributed by atoms with Crippen molar-refractivity contribution in [2.24, 2.45) is 0 Å². The normalized spacial score (nSPS) is 11.6. The van der Waals surface area contributed by atoms with Crippen molar-refractivity contribution in [1.29, 1.82) is 0 Å². The molecular formula is C10H6BrClFN3O4S. The third kappa shape index (κ3) is 3.77. The van der Waals surface area contributed by atoms with Crippen LogP contribution in [0, 0.1) is 15.9 Å². The Morgan fingerprint density at radius 1 is 1.43 bits per heavy atom. The Balaban J connectivity index is 2.44. The molecule has 0 aliphatic rings. The van der Waals surface area contributed by atoms with Crippen LogP contribution in [0.4, 0.5) is 10.2 Å². The molecule has 1 aromatic carbocycles. The zero-order valence-electron chi connectivity index (χ0n) is 10.0. The van der Waals surface area contributed by atoms with Crippen LogP contribution in [0.1, 0.15) is 5.56 Å². The molecule has 0 N–H and O–H groups in total. The van der Waals surface area contributed by atoms with E-state index in [9.17, 15) is 22.9 Å². The molecule has 0 radical (unpaired) electrons. The Morgan fingerprint density at radius 2 is 2.10 bits per heavy atom. The van der Waals surface area contributed by atoms with Crippen LogP contribution >= 0.6 is 26.6 Å². The van der Waals surface area contributed by atoms with Gasteiger partial charge < -0.3 is 10.1 Å². The Labute approximate surface area is 131 Å². The lowest BCUT2D eigenvalue weighted by Gasteiger charge is -2.00. The summed E-state index contributed by atoms with van der Waals surface area (Å²) in [6.45, 7) is -0.0520. The van der Waals surface area contributed by atoms with Gasteiger partial charge in [-0.25, -0.2) is 12.8 Å². The number of nitro groups is 1. The van der Waals surface area contributed by atoms with Gasteiger partial charge in [0.15, 0.2) is 0 Å². The molecule has 7 nitrogen and oxygen atoms in total. The zero-order valence-corrected chi connectivity index (χ0v) is 13.2. The lowest BCUT2D eigenvalue weighted by atomic mass is 10.2. The van der Waals surface area contributed by atoms with Crippen molar-refractivity contribution in [3.05, 3.63) is 50.4 Å². The quantitative estimate of drug-likeness (QED) is 0.448. The fraction of sp³-hybridized carbons (Fsp3) is 0.100. The number of rotatable bonds is 4. The van der Waals surface area contributed by atoms with Crippen molar-refractivity contribution >= 4 is 41.5 Å². The van der Waals surface area contributed by atoms with Gasteiger partial charge in [-0.3, -0.25) is 0 Å². The first kappa shape index (κ1) is 15.9. The second kappa shape index (κ2) is 5.70. The van der Waals surface area contributed by atoms with Gasteiger partial charge >= 0.3 is 5.82 Å². The molecule has 11 heteroatoms. The van der Waals surface area contributed by atoms with Gasteiger partial charge in [-0.15, -0.1) is 0 Å². The minimum atomic E-state index is -4.30. The summed E-state index contributed by atoms with van der Waals surface area (Å²) in [7, 11) is 0.819. The number of hydrogen-bond acceptors (Lipinski definition) is 5. The van der Waals surface area contributed by atoms with Crippen LogP contribution in [0.25, 0.3) is 0 Å². The summed E-state index contributed by atoms with van der Waals surface area (Å²) in [4.78, 5) is 9.13. The number of aromatic nitrogens is 2. The molecule has 0 unspecified atom stereocenters. The SMILES string of the molecule is O=[N+]([O-])c1nn(Cc2cc(F)cc(Br)c2)cc1S(=O)(=O)Cl. The monoisotopic (exact) mass is 397 g/mol. The lowest BCUT2D eigenvalue weighted by Crippen LogP contribution is -2.01. The Morgan fingerprint density at radius 3 is 2.57 bits per heavy atom. The molecule has 112 valence electrons. The van der Waals surface area contributed by atoms with Crippen LogP contribution in [-0.2, 0) is 15.6 Å². The van der Waals surface area contributed by atoms with Crippen LogP contribution in [-0.4, -0.2) is 23.1 Å². The van der Waals surface area contributed by atoms with Gasteiger partial charge in [-0.1, -0.05) is 15.9 Å². The molecule has 1 heterocycles. The van der Waals surface area contributed by atoms with Crippen LogP contribution < -0.4 is 0 Å². The van der Waals surface area contributed by atoms with Crippen LogP contribution in [0.2, 0.25) is 0 Å². The lowest BCUT2D eigenvalue weighted by molar-refractivity contribution is -0.392. The minimum Gasteiger partial charge on any atom is -0.358 e. The fourth-order valence-electron chi connectivity index (χ4n) is 1.66. The molecule has 0 bridgehead atoms. The first-order chi connectivity index (χ1) is 9.66. The summed E-state index contributed by atoms with van der Waals surface area (Å²) in [6.07, 6.45) is 0.930. The number of halogens is 3. The Kier molecular flexibility index (Phi) is 4.30. The third-order valence-corrected chi connectivity index (χ3v) is 4.18. The Bertz CT molecular complexity index is 803. The zero-order chi connectivity index (χ0) is 15.8. The van der Waals surface area contributed by atoms with Crippen LogP contribution in [0.5, 0.6) is 0 Å². The van der Waals surface area contributed by atoms with E-state index in [1.54, 1.807) is 6.07 Å². The molecule has 2 rings (SSSR count). The summed E-state index contributed by atoms with van der Waals surface area (Å²) < 4.78 is 37.3. The van der Waals surface area contributed by atoms with Gasteiger partial charge in [0.05, 0.1) is 17.8 Å². The van der Waals surface area contributed by atoms with E-state index in [1.165, 1.54) is 12.1 Å². The maximum atomic E-state index is 13.2. The first-order valence-electron chi connectivity index (χ1n) is 5.28. The standard InChI is InChI=1S/C10H6BrClFN3O4S/c11-7-1-6(2-8(13)3-7)4-15-5-9(21(12,19)20)10(14-15)16(17)18/h1-3,5H,4H2. The second-order valence-corrected chi connectivity index (χ2v) is 7.44. The predicted octanol–water partition coefficient (Wildman–Crippen LogP) is 2.67. The summed E-state index contributed by atoms with van der Waals surface area (Å²) in [5.41, 5.74) is 0.442. The molecule has 0 saturated heterocycles. The van der Waals surface area contributed by atoms with Gasteiger partial charge in [-0.05, 0) is 28.7 Å². The summed E-state index contributed by atoms with van der Waals surface area (Å²) in [5.74, 6) is -1.38. The first-order valence-corrected chi connectivity index (χ1v) is 8.38. The summed E-state index contributed by atoms with van der Waals surface area (Å²) in [6, 6.07) is 4.02. The molecule has 0 saturated carbocycles. The van der Waals surface area contributed by atoms with Gasteiger partial charge in [0.25, 0.3) is 9.05 Å². The van der Waals surface area contributed by atoms with E-state index in [2.05, 4.69) is 21.0 Å². The van der Waals surface area contributed by atoms with E-state index in [1.807, 2.05) is 0 Å². The largest absolute Gasteiger partial charge is 0.410 e. The molecule has 1 aromatic heterocycles. The molecule has 0 atom stereocenters. The summed E-state index contributed by atoms with van der Waals surface area (Å²) >= 11 is 3.11. The third-order valence-electron chi connectivity index (χ3n) is 2.41. The average Bonchev–Trinajstić information content (AvgIpc) is 2.71. The minimum absolute atomic E-state index is 0.0520. The van der Waals surface area contributed by atoms with Crippen molar-refractivity contribution in [2.75, 3.05) is 0 Å². The Hall–Kier alpha value is -1.52. The maximum absolute atomic E-state index is 13.2. The van der Waals surface area contributed by atoms with Gasteiger partial charge in [-0.2, -0.15) is 4.68 Å². The highest BCUT2D eigenvalue weighted by molar-refractivity contribution is 9.10. The molecule has 0 spiro atoms. The van der Waals surface area contributed by atoms with Crippen LogP contribution in [0.3, 0.4) is 0 Å². The van der Waals surface area contributed by atoms with Gasteiger partial charge in [0, 0.05) is 15.2 Å². The highest BCUT2D eigenvalue weighted by Crippen LogP contribution is 2.25.